The molecule has 120 valence electrons. The number of hydrogen-bond donors (Lipinski definition) is 0. The quantitative estimate of drug-likeness (QED) is 0.761. The lowest BCUT2D eigenvalue weighted by Gasteiger charge is -2.32. The highest BCUT2D eigenvalue weighted by Gasteiger charge is 2.31. The van der Waals surface area contributed by atoms with Crippen molar-refractivity contribution >= 4 is 5.97 Å². The lowest BCUT2D eigenvalue weighted by atomic mass is 10.1. The molecule has 0 spiro atoms. The third kappa shape index (κ3) is 4.20. The van der Waals surface area contributed by atoms with E-state index < -0.39 is 0 Å². The van der Waals surface area contributed by atoms with Gasteiger partial charge < -0.3 is 4.74 Å². The third-order valence-electron chi connectivity index (χ3n) is 4.49. The van der Waals surface area contributed by atoms with Crippen LogP contribution in [0.2, 0.25) is 0 Å². The predicted octanol–water partition coefficient (Wildman–Crippen LogP) is 3.78. The first-order chi connectivity index (χ1) is 11.2. The molecular weight excluding hydrogens is 286 g/mol. The Labute approximate surface area is 137 Å². The number of carbonyl (C=O) groups excluding carboxylic acids is 1. The zero-order valence-corrected chi connectivity index (χ0v) is 13.5. The molecular formula is C20H23NO2. The Hall–Kier alpha value is -2.13. The first kappa shape index (κ1) is 15.8. The number of hydrogen-bond acceptors (Lipinski definition) is 3. The van der Waals surface area contributed by atoms with Gasteiger partial charge in [-0.15, -0.1) is 0 Å². The molecule has 3 heteroatoms. The molecule has 1 aliphatic rings. The van der Waals surface area contributed by atoms with Gasteiger partial charge in [0.1, 0.15) is 6.10 Å². The Kier molecular flexibility index (Phi) is 5.09. The molecule has 0 saturated carbocycles. The Morgan fingerprint density at radius 1 is 1.00 bits per heavy atom. The van der Waals surface area contributed by atoms with Gasteiger partial charge in [-0.05, 0) is 24.5 Å². The Morgan fingerprint density at radius 3 is 1.96 bits per heavy atom. The van der Waals surface area contributed by atoms with E-state index in [0.29, 0.717) is 6.42 Å². The van der Waals surface area contributed by atoms with E-state index >= 15 is 0 Å². The van der Waals surface area contributed by atoms with Crippen LogP contribution in [-0.2, 0) is 22.6 Å². The van der Waals surface area contributed by atoms with Gasteiger partial charge in [-0.1, -0.05) is 60.7 Å². The number of carbonyl (C=O) groups is 1. The molecule has 0 aromatic heterocycles. The van der Waals surface area contributed by atoms with Gasteiger partial charge in [0, 0.05) is 25.6 Å². The number of esters is 1. The molecule has 1 heterocycles. The number of nitrogens with zero attached hydrogens (tertiary/aromatic N) is 1. The van der Waals surface area contributed by atoms with Gasteiger partial charge in [0.25, 0.3) is 0 Å². The largest absolute Gasteiger partial charge is 0.461 e. The summed E-state index contributed by atoms with van der Waals surface area (Å²) in [5.74, 6) is -0.0683. The number of rotatable bonds is 6. The van der Waals surface area contributed by atoms with E-state index in [0.717, 1.165) is 19.5 Å². The molecule has 0 aliphatic carbocycles. The van der Waals surface area contributed by atoms with Crippen LogP contribution in [0.25, 0.3) is 0 Å². The topological polar surface area (TPSA) is 29.5 Å². The van der Waals surface area contributed by atoms with Crippen molar-refractivity contribution in [3.8, 4) is 0 Å². The van der Waals surface area contributed by atoms with Crippen molar-refractivity contribution in [2.75, 3.05) is 0 Å². The fraction of sp³-hybridized carbons (Fsp3) is 0.350. The van der Waals surface area contributed by atoms with Crippen LogP contribution in [-0.4, -0.2) is 23.0 Å². The van der Waals surface area contributed by atoms with E-state index in [4.69, 9.17) is 4.74 Å². The van der Waals surface area contributed by atoms with Crippen LogP contribution in [0.4, 0.5) is 0 Å². The van der Waals surface area contributed by atoms with Crippen molar-refractivity contribution < 1.29 is 9.53 Å². The smallest absolute Gasteiger partial charge is 0.306 e. The molecule has 1 aliphatic heterocycles. The minimum Gasteiger partial charge on any atom is -0.461 e. The maximum Gasteiger partial charge on any atom is 0.306 e. The van der Waals surface area contributed by atoms with Crippen molar-refractivity contribution in [2.24, 2.45) is 0 Å². The van der Waals surface area contributed by atoms with E-state index in [9.17, 15) is 4.79 Å². The lowest BCUT2D eigenvalue weighted by molar-refractivity contribution is -0.143. The minimum atomic E-state index is -0.0683. The number of cyclic esters (lactones) is 1. The lowest BCUT2D eigenvalue weighted by Crippen LogP contribution is -2.40. The van der Waals surface area contributed by atoms with Crippen LogP contribution in [0, 0.1) is 0 Å². The van der Waals surface area contributed by atoms with Crippen LogP contribution in [0.3, 0.4) is 0 Å². The second-order valence-electron chi connectivity index (χ2n) is 6.18. The van der Waals surface area contributed by atoms with Crippen LogP contribution in [0.15, 0.2) is 60.7 Å². The number of ether oxygens (including phenoxy) is 1. The second kappa shape index (κ2) is 7.42. The van der Waals surface area contributed by atoms with Crippen molar-refractivity contribution in [3.05, 3.63) is 71.8 Å². The fourth-order valence-electron chi connectivity index (χ4n) is 3.10. The summed E-state index contributed by atoms with van der Waals surface area (Å²) in [4.78, 5) is 13.9. The Bertz CT molecular complexity index is 585. The third-order valence-corrected chi connectivity index (χ3v) is 4.49. The summed E-state index contributed by atoms with van der Waals surface area (Å²) in [7, 11) is 0. The van der Waals surface area contributed by atoms with Gasteiger partial charge in [0.15, 0.2) is 0 Å². The highest BCUT2D eigenvalue weighted by atomic mass is 16.5. The van der Waals surface area contributed by atoms with Crippen molar-refractivity contribution in [1.82, 2.24) is 4.90 Å². The average Bonchev–Trinajstić information content (AvgIpc) is 3.02. The average molecular weight is 309 g/mol. The minimum absolute atomic E-state index is 0.00470. The molecule has 3 nitrogen and oxygen atoms in total. The highest BCUT2D eigenvalue weighted by Crippen LogP contribution is 2.23. The molecule has 0 unspecified atom stereocenters. The second-order valence-corrected chi connectivity index (χ2v) is 6.18. The van der Waals surface area contributed by atoms with Gasteiger partial charge in [-0.25, -0.2) is 0 Å². The molecule has 2 atom stereocenters. The summed E-state index contributed by atoms with van der Waals surface area (Å²) < 4.78 is 5.50. The maximum absolute atomic E-state index is 11.5. The molecule has 1 saturated heterocycles. The Morgan fingerprint density at radius 2 is 1.52 bits per heavy atom. The Balaban J connectivity index is 1.76. The van der Waals surface area contributed by atoms with E-state index in [2.05, 4.69) is 60.4 Å². The van der Waals surface area contributed by atoms with Crippen molar-refractivity contribution in [1.29, 1.82) is 0 Å². The molecule has 3 rings (SSSR count). The normalized spacial score (nSPS) is 18.9. The van der Waals surface area contributed by atoms with Crippen LogP contribution < -0.4 is 0 Å². The molecule has 23 heavy (non-hydrogen) atoms. The van der Waals surface area contributed by atoms with Crippen LogP contribution in [0.5, 0.6) is 0 Å². The van der Waals surface area contributed by atoms with Crippen molar-refractivity contribution in [2.45, 2.75) is 45.0 Å². The maximum atomic E-state index is 11.5. The van der Waals surface area contributed by atoms with Gasteiger partial charge in [0.2, 0.25) is 0 Å². The summed E-state index contributed by atoms with van der Waals surface area (Å²) in [5.41, 5.74) is 2.55. The standard InChI is InChI=1S/C20H23NO2/c1-16(19-12-13-20(22)23-19)21(14-17-8-4-2-5-9-17)15-18-10-6-3-7-11-18/h2-11,16,19H,12-15H2,1H3/t16-,19+/m0/s1. The SMILES string of the molecule is C[C@@H]([C@H]1CCC(=O)O1)N(Cc1ccccc1)Cc1ccccc1. The molecule has 2 aromatic rings. The van der Waals surface area contributed by atoms with Crippen molar-refractivity contribution in [3.63, 3.8) is 0 Å². The molecule has 0 radical (unpaired) electrons. The molecule has 1 fully saturated rings. The summed E-state index contributed by atoms with van der Waals surface area (Å²) in [6.07, 6.45) is 1.36. The first-order valence-corrected chi connectivity index (χ1v) is 8.24. The summed E-state index contributed by atoms with van der Waals surface area (Å²) >= 11 is 0. The van der Waals surface area contributed by atoms with E-state index in [1.54, 1.807) is 0 Å². The predicted molar refractivity (Wildman–Crippen MR) is 90.7 cm³/mol. The van der Waals surface area contributed by atoms with Crippen LogP contribution >= 0.6 is 0 Å². The van der Waals surface area contributed by atoms with E-state index in [1.165, 1.54) is 11.1 Å². The van der Waals surface area contributed by atoms with Gasteiger partial charge in [-0.2, -0.15) is 0 Å². The summed E-state index contributed by atoms with van der Waals surface area (Å²) in [6.45, 7) is 3.87. The van der Waals surface area contributed by atoms with Crippen LogP contribution in [0.1, 0.15) is 30.9 Å². The summed E-state index contributed by atoms with van der Waals surface area (Å²) in [6, 6.07) is 21.1. The van der Waals surface area contributed by atoms with Gasteiger partial charge >= 0.3 is 5.97 Å². The monoisotopic (exact) mass is 309 g/mol. The highest BCUT2D eigenvalue weighted by molar-refractivity contribution is 5.71. The zero-order chi connectivity index (χ0) is 16.1. The van der Waals surface area contributed by atoms with Gasteiger partial charge in [-0.3, -0.25) is 9.69 Å². The number of benzene rings is 2. The summed E-state index contributed by atoms with van der Waals surface area (Å²) in [5, 5.41) is 0. The van der Waals surface area contributed by atoms with Gasteiger partial charge in [0.05, 0.1) is 0 Å². The molecule has 0 N–H and O–H groups in total. The fourth-order valence-corrected chi connectivity index (χ4v) is 3.10. The zero-order valence-electron chi connectivity index (χ0n) is 13.5. The molecule has 2 aromatic carbocycles. The van der Waals surface area contributed by atoms with E-state index in [-0.39, 0.29) is 18.1 Å². The van der Waals surface area contributed by atoms with E-state index in [1.807, 2.05) is 12.1 Å². The molecule has 0 bridgehead atoms. The first-order valence-electron chi connectivity index (χ1n) is 8.24. The molecule has 0 amide bonds.